The molecule has 2 rings (SSSR count). The molecule has 2 atom stereocenters. The lowest BCUT2D eigenvalue weighted by molar-refractivity contribution is -0.114. The van der Waals surface area contributed by atoms with E-state index in [1.54, 1.807) is 0 Å². The number of halogens is 1. The van der Waals surface area contributed by atoms with E-state index in [9.17, 15) is 14.0 Å². The van der Waals surface area contributed by atoms with Gasteiger partial charge < -0.3 is 10.6 Å². The predicted molar refractivity (Wildman–Crippen MR) is 65.7 cm³/mol. The van der Waals surface area contributed by atoms with Crippen LogP contribution in [0.5, 0.6) is 0 Å². The highest BCUT2D eigenvalue weighted by molar-refractivity contribution is 5.97. The summed E-state index contributed by atoms with van der Waals surface area (Å²) < 4.78 is 13.4. The third-order valence-corrected chi connectivity index (χ3v) is 2.97. The number of amides is 2. The number of rotatable bonds is 3. The van der Waals surface area contributed by atoms with Crippen molar-refractivity contribution in [2.75, 3.05) is 5.32 Å². The molecule has 0 spiro atoms. The van der Waals surface area contributed by atoms with E-state index in [0.29, 0.717) is 11.5 Å². The quantitative estimate of drug-likeness (QED) is 0.861. The van der Waals surface area contributed by atoms with Crippen molar-refractivity contribution in [1.29, 1.82) is 0 Å². The predicted octanol–water partition coefficient (Wildman–Crippen LogP) is 1.92. The average molecular weight is 250 g/mol. The Morgan fingerprint density at radius 2 is 2.06 bits per heavy atom. The maximum Gasteiger partial charge on any atom is 0.251 e. The van der Waals surface area contributed by atoms with Crippen LogP contribution in [0.15, 0.2) is 18.2 Å². The molecule has 1 saturated carbocycles. The second-order valence-electron chi connectivity index (χ2n) is 4.67. The molecule has 4 nitrogen and oxygen atoms in total. The van der Waals surface area contributed by atoms with Crippen LogP contribution in [-0.2, 0) is 4.79 Å². The molecule has 2 N–H and O–H groups in total. The standard InChI is InChI=1S/C13H15FN2O2/c1-7-5-11(7)16-13(18)9-3-4-10(14)12(6-9)15-8(2)17/h3-4,6-7,11H,5H2,1-2H3,(H,15,17)(H,16,18)/t7-,11-/m0/s1. The molecular weight excluding hydrogens is 235 g/mol. The third-order valence-electron chi connectivity index (χ3n) is 2.97. The van der Waals surface area contributed by atoms with Gasteiger partial charge in [-0.2, -0.15) is 0 Å². The molecule has 1 aliphatic carbocycles. The van der Waals surface area contributed by atoms with Crippen LogP contribution in [0.1, 0.15) is 30.6 Å². The molecule has 0 aromatic heterocycles. The smallest absolute Gasteiger partial charge is 0.251 e. The van der Waals surface area contributed by atoms with Crippen LogP contribution < -0.4 is 10.6 Å². The monoisotopic (exact) mass is 250 g/mol. The summed E-state index contributed by atoms with van der Waals surface area (Å²) in [5.41, 5.74) is 0.373. The second-order valence-corrected chi connectivity index (χ2v) is 4.67. The van der Waals surface area contributed by atoms with Gasteiger partial charge in [0.1, 0.15) is 5.82 Å². The van der Waals surface area contributed by atoms with Crippen molar-refractivity contribution in [3.63, 3.8) is 0 Å². The minimum Gasteiger partial charge on any atom is -0.349 e. The van der Waals surface area contributed by atoms with Crippen molar-refractivity contribution in [3.8, 4) is 0 Å². The number of hydrogen-bond acceptors (Lipinski definition) is 2. The molecular formula is C13H15FN2O2. The van der Waals surface area contributed by atoms with Crippen molar-refractivity contribution < 1.29 is 14.0 Å². The Bertz CT molecular complexity index is 502. The fourth-order valence-corrected chi connectivity index (χ4v) is 1.73. The van der Waals surface area contributed by atoms with Crippen LogP contribution in [0.25, 0.3) is 0 Å². The summed E-state index contributed by atoms with van der Waals surface area (Å²) in [5.74, 6) is -0.663. The summed E-state index contributed by atoms with van der Waals surface area (Å²) in [4.78, 5) is 22.7. The maximum absolute atomic E-state index is 13.4. The number of anilines is 1. The van der Waals surface area contributed by atoms with Crippen molar-refractivity contribution in [2.45, 2.75) is 26.3 Å². The van der Waals surface area contributed by atoms with E-state index in [1.165, 1.54) is 25.1 Å². The van der Waals surface area contributed by atoms with Crippen LogP contribution in [0.3, 0.4) is 0 Å². The first-order valence-electron chi connectivity index (χ1n) is 5.85. The Hall–Kier alpha value is -1.91. The first-order valence-corrected chi connectivity index (χ1v) is 5.85. The van der Waals surface area contributed by atoms with Gasteiger partial charge >= 0.3 is 0 Å². The lowest BCUT2D eigenvalue weighted by Gasteiger charge is -2.08. The lowest BCUT2D eigenvalue weighted by Crippen LogP contribution is -2.26. The van der Waals surface area contributed by atoms with E-state index < -0.39 is 5.82 Å². The fraction of sp³-hybridized carbons (Fsp3) is 0.385. The van der Waals surface area contributed by atoms with Gasteiger partial charge in [0.2, 0.25) is 5.91 Å². The van der Waals surface area contributed by atoms with Crippen molar-refractivity contribution >= 4 is 17.5 Å². The van der Waals surface area contributed by atoms with Gasteiger partial charge in [-0.05, 0) is 30.5 Å². The molecule has 96 valence electrons. The second kappa shape index (κ2) is 4.76. The number of carbonyl (C=O) groups is 2. The van der Waals surface area contributed by atoms with Gasteiger partial charge in [-0.1, -0.05) is 6.92 Å². The number of benzene rings is 1. The molecule has 2 amide bonds. The van der Waals surface area contributed by atoms with Gasteiger partial charge in [0.15, 0.2) is 0 Å². The Kier molecular flexibility index (Phi) is 3.32. The topological polar surface area (TPSA) is 58.2 Å². The van der Waals surface area contributed by atoms with Gasteiger partial charge in [0.05, 0.1) is 5.69 Å². The number of nitrogens with one attached hydrogen (secondary N) is 2. The van der Waals surface area contributed by atoms with Crippen molar-refractivity contribution in [1.82, 2.24) is 5.32 Å². The van der Waals surface area contributed by atoms with Gasteiger partial charge in [-0.25, -0.2) is 4.39 Å². The molecule has 1 aromatic rings. The lowest BCUT2D eigenvalue weighted by atomic mass is 10.1. The summed E-state index contributed by atoms with van der Waals surface area (Å²) >= 11 is 0. The SMILES string of the molecule is CC(=O)Nc1cc(C(=O)N[C@H]2C[C@@H]2C)ccc1F. The summed E-state index contributed by atoms with van der Waals surface area (Å²) in [6, 6.07) is 4.14. The minimum absolute atomic E-state index is 0.0268. The third kappa shape index (κ3) is 2.85. The van der Waals surface area contributed by atoms with E-state index in [0.717, 1.165) is 6.42 Å². The zero-order chi connectivity index (χ0) is 13.3. The first-order chi connectivity index (χ1) is 8.47. The molecule has 18 heavy (non-hydrogen) atoms. The normalized spacial score (nSPS) is 21.3. The highest BCUT2D eigenvalue weighted by Gasteiger charge is 2.34. The summed E-state index contributed by atoms with van der Waals surface area (Å²) in [7, 11) is 0. The van der Waals surface area contributed by atoms with E-state index in [-0.39, 0.29) is 23.5 Å². The highest BCUT2D eigenvalue weighted by atomic mass is 19.1. The molecule has 0 radical (unpaired) electrons. The van der Waals surface area contributed by atoms with Gasteiger partial charge in [-0.15, -0.1) is 0 Å². The van der Waals surface area contributed by atoms with E-state index in [4.69, 9.17) is 0 Å². The van der Waals surface area contributed by atoms with Crippen molar-refractivity contribution in [2.24, 2.45) is 5.92 Å². The van der Waals surface area contributed by atoms with Crippen LogP contribution in [0, 0.1) is 11.7 Å². The Labute approximate surface area is 105 Å². The van der Waals surface area contributed by atoms with E-state index >= 15 is 0 Å². The molecule has 5 heteroatoms. The first kappa shape index (κ1) is 12.5. The minimum atomic E-state index is -0.554. The molecule has 1 fully saturated rings. The molecule has 0 bridgehead atoms. The highest BCUT2D eigenvalue weighted by Crippen LogP contribution is 2.29. The van der Waals surface area contributed by atoms with Gasteiger partial charge in [0, 0.05) is 18.5 Å². The van der Waals surface area contributed by atoms with Crippen LogP contribution >= 0.6 is 0 Å². The molecule has 0 aliphatic heterocycles. The summed E-state index contributed by atoms with van der Waals surface area (Å²) in [6.45, 7) is 3.34. The van der Waals surface area contributed by atoms with Crippen LogP contribution in [0.4, 0.5) is 10.1 Å². The average Bonchev–Trinajstić information content (AvgIpc) is 2.96. The molecule has 0 saturated heterocycles. The number of hydrogen-bond donors (Lipinski definition) is 2. The Balaban J connectivity index is 2.12. The largest absolute Gasteiger partial charge is 0.349 e. The van der Waals surface area contributed by atoms with E-state index in [1.807, 2.05) is 0 Å². The number of carbonyl (C=O) groups excluding carboxylic acids is 2. The van der Waals surface area contributed by atoms with Gasteiger partial charge in [0.25, 0.3) is 5.91 Å². The van der Waals surface area contributed by atoms with Crippen LogP contribution in [0.2, 0.25) is 0 Å². The Morgan fingerprint density at radius 1 is 1.39 bits per heavy atom. The fourth-order valence-electron chi connectivity index (χ4n) is 1.73. The van der Waals surface area contributed by atoms with E-state index in [2.05, 4.69) is 17.6 Å². The summed E-state index contributed by atoms with van der Waals surface area (Å²) in [5, 5.41) is 5.20. The zero-order valence-corrected chi connectivity index (χ0v) is 10.3. The molecule has 0 heterocycles. The van der Waals surface area contributed by atoms with Crippen molar-refractivity contribution in [3.05, 3.63) is 29.6 Å². The molecule has 0 unspecified atom stereocenters. The zero-order valence-electron chi connectivity index (χ0n) is 10.3. The van der Waals surface area contributed by atoms with Gasteiger partial charge in [-0.3, -0.25) is 9.59 Å². The van der Waals surface area contributed by atoms with Crippen LogP contribution in [-0.4, -0.2) is 17.9 Å². The molecule has 1 aliphatic rings. The maximum atomic E-state index is 13.4. The summed E-state index contributed by atoms with van der Waals surface area (Å²) in [6.07, 6.45) is 0.978. The Morgan fingerprint density at radius 3 is 2.61 bits per heavy atom. The molecule has 1 aromatic carbocycles.